The molecule has 0 saturated heterocycles. The number of ether oxygens (including phenoxy) is 1. The van der Waals surface area contributed by atoms with Crippen molar-refractivity contribution in [2.75, 3.05) is 12.4 Å². The van der Waals surface area contributed by atoms with Crippen molar-refractivity contribution in [3.63, 3.8) is 0 Å². The highest BCUT2D eigenvalue weighted by Gasteiger charge is 2.17. The van der Waals surface area contributed by atoms with Gasteiger partial charge in [-0.15, -0.1) is 0 Å². The Morgan fingerprint density at radius 1 is 1.23 bits per heavy atom. The smallest absolute Gasteiger partial charge is 0.261 e. The molecule has 2 aromatic rings. The molecule has 30 heavy (non-hydrogen) atoms. The standard InChI is InChI=1S/C21H29N5O3S/c1-14(29-2)26-30(28)17-10-8-16(9-11-17)25-20(22)19-18(12-13-23-21(19)27)24-15-6-4-3-5-7-15/h8-15,26H,3-7H2,1-2H3,(H2,22,25)(H2,23,24,27). The first kappa shape index (κ1) is 22.2. The summed E-state index contributed by atoms with van der Waals surface area (Å²) in [5.41, 5.74) is 7.54. The third kappa shape index (κ3) is 5.78. The number of nitrogens with one attached hydrogen (secondary N) is 3. The van der Waals surface area contributed by atoms with Crippen molar-refractivity contribution in [3.8, 4) is 0 Å². The molecular formula is C21H29N5O3S. The van der Waals surface area contributed by atoms with E-state index in [0.29, 0.717) is 27.9 Å². The van der Waals surface area contributed by atoms with Gasteiger partial charge >= 0.3 is 0 Å². The number of amidine groups is 1. The summed E-state index contributed by atoms with van der Waals surface area (Å²) in [6.07, 6.45) is 7.07. The number of benzene rings is 1. The molecule has 0 bridgehead atoms. The lowest BCUT2D eigenvalue weighted by Crippen LogP contribution is -2.29. The fraction of sp³-hybridized carbons (Fsp3) is 0.429. The van der Waals surface area contributed by atoms with E-state index in [9.17, 15) is 9.00 Å². The molecule has 1 fully saturated rings. The molecule has 1 aliphatic carbocycles. The number of anilines is 1. The highest BCUT2D eigenvalue weighted by Crippen LogP contribution is 2.23. The molecule has 1 heterocycles. The van der Waals surface area contributed by atoms with E-state index in [1.807, 2.05) is 6.07 Å². The number of rotatable bonds is 8. The SMILES string of the molecule is COC(C)NS(=O)c1ccc(N=C(N)c2c(NC3CCCCC3)cc[nH]c2=O)cc1. The van der Waals surface area contributed by atoms with Gasteiger partial charge in [-0.25, -0.2) is 13.9 Å². The van der Waals surface area contributed by atoms with Gasteiger partial charge in [0.2, 0.25) is 0 Å². The molecule has 0 radical (unpaired) electrons. The number of H-pyrrole nitrogens is 1. The highest BCUT2D eigenvalue weighted by atomic mass is 32.2. The topological polar surface area (TPSA) is 122 Å². The molecule has 1 saturated carbocycles. The molecule has 162 valence electrons. The van der Waals surface area contributed by atoms with E-state index in [2.05, 4.69) is 20.0 Å². The lowest BCUT2D eigenvalue weighted by Gasteiger charge is -2.24. The van der Waals surface area contributed by atoms with Gasteiger partial charge in [0.1, 0.15) is 28.6 Å². The van der Waals surface area contributed by atoms with Gasteiger partial charge in [-0.1, -0.05) is 19.3 Å². The normalized spacial score (nSPS) is 17.5. The molecule has 1 aliphatic rings. The number of hydrogen-bond donors (Lipinski definition) is 4. The van der Waals surface area contributed by atoms with Crippen molar-refractivity contribution in [2.24, 2.45) is 10.7 Å². The second-order valence-electron chi connectivity index (χ2n) is 7.33. The van der Waals surface area contributed by atoms with Crippen LogP contribution in [0.2, 0.25) is 0 Å². The lowest BCUT2D eigenvalue weighted by atomic mass is 9.95. The predicted octanol–water partition coefficient (Wildman–Crippen LogP) is 2.76. The van der Waals surface area contributed by atoms with Crippen LogP contribution in [0.1, 0.15) is 44.6 Å². The molecule has 0 amide bonds. The minimum Gasteiger partial charge on any atom is -0.383 e. The summed E-state index contributed by atoms with van der Waals surface area (Å²) in [6, 6.07) is 8.99. The van der Waals surface area contributed by atoms with Gasteiger partial charge in [0, 0.05) is 19.3 Å². The van der Waals surface area contributed by atoms with Crippen LogP contribution in [0.4, 0.5) is 11.4 Å². The number of aliphatic imine (C=N–C) groups is 1. The summed E-state index contributed by atoms with van der Waals surface area (Å²) in [5.74, 6) is 0.134. The van der Waals surface area contributed by atoms with Crippen molar-refractivity contribution < 1.29 is 8.95 Å². The molecule has 8 nitrogen and oxygen atoms in total. The molecule has 3 rings (SSSR count). The van der Waals surface area contributed by atoms with Crippen LogP contribution in [0.5, 0.6) is 0 Å². The third-order valence-electron chi connectivity index (χ3n) is 5.11. The van der Waals surface area contributed by atoms with E-state index in [1.165, 1.54) is 26.4 Å². The van der Waals surface area contributed by atoms with E-state index in [0.717, 1.165) is 12.8 Å². The summed E-state index contributed by atoms with van der Waals surface area (Å²) < 4.78 is 20.1. The van der Waals surface area contributed by atoms with E-state index >= 15 is 0 Å². The molecule has 5 N–H and O–H groups in total. The summed E-state index contributed by atoms with van der Waals surface area (Å²) >= 11 is 0. The Labute approximate surface area is 178 Å². The third-order valence-corrected chi connectivity index (χ3v) is 6.35. The van der Waals surface area contributed by atoms with E-state index in [1.54, 1.807) is 37.4 Å². The number of aromatic amines is 1. The Kier molecular flexibility index (Phi) is 7.78. The van der Waals surface area contributed by atoms with Gasteiger partial charge in [0.05, 0.1) is 16.3 Å². The Bertz CT molecular complexity index is 952. The van der Waals surface area contributed by atoms with Crippen LogP contribution in [-0.2, 0) is 15.7 Å². The highest BCUT2D eigenvalue weighted by molar-refractivity contribution is 7.83. The van der Waals surface area contributed by atoms with Crippen LogP contribution in [0.15, 0.2) is 51.2 Å². The maximum atomic E-state index is 12.5. The Balaban J connectivity index is 1.79. The maximum Gasteiger partial charge on any atom is 0.261 e. The van der Waals surface area contributed by atoms with Crippen LogP contribution >= 0.6 is 0 Å². The van der Waals surface area contributed by atoms with E-state index in [-0.39, 0.29) is 17.6 Å². The maximum absolute atomic E-state index is 12.5. The number of nitrogens with two attached hydrogens (primary N) is 1. The van der Waals surface area contributed by atoms with Crippen LogP contribution in [0, 0.1) is 0 Å². The number of aromatic nitrogens is 1. The first-order valence-electron chi connectivity index (χ1n) is 10.1. The van der Waals surface area contributed by atoms with Gasteiger partial charge in [-0.05, 0) is 50.1 Å². The Morgan fingerprint density at radius 3 is 2.60 bits per heavy atom. The summed E-state index contributed by atoms with van der Waals surface area (Å²) in [7, 11) is 0.138. The average Bonchev–Trinajstić information content (AvgIpc) is 2.74. The monoisotopic (exact) mass is 431 g/mol. The molecule has 2 unspecified atom stereocenters. The second-order valence-corrected chi connectivity index (χ2v) is 8.57. The number of hydrogen-bond acceptors (Lipinski definition) is 5. The average molecular weight is 432 g/mol. The fourth-order valence-electron chi connectivity index (χ4n) is 3.43. The minimum atomic E-state index is -1.40. The Morgan fingerprint density at radius 2 is 1.93 bits per heavy atom. The van der Waals surface area contributed by atoms with Crippen LogP contribution < -0.4 is 21.3 Å². The lowest BCUT2D eigenvalue weighted by molar-refractivity contribution is 0.111. The van der Waals surface area contributed by atoms with Crippen molar-refractivity contribution >= 4 is 28.2 Å². The van der Waals surface area contributed by atoms with E-state index < -0.39 is 11.0 Å². The van der Waals surface area contributed by atoms with Crippen LogP contribution in [0.25, 0.3) is 0 Å². The number of pyridine rings is 1. The molecule has 2 atom stereocenters. The van der Waals surface area contributed by atoms with Gasteiger partial charge < -0.3 is 20.8 Å². The zero-order valence-electron chi connectivity index (χ0n) is 17.3. The molecular weight excluding hydrogens is 402 g/mol. The molecule has 1 aromatic heterocycles. The van der Waals surface area contributed by atoms with Gasteiger partial charge in [0.25, 0.3) is 5.56 Å². The van der Waals surface area contributed by atoms with Crippen molar-refractivity contribution in [2.45, 2.75) is 56.2 Å². The fourth-order valence-corrected chi connectivity index (χ4v) is 4.34. The molecule has 1 aromatic carbocycles. The van der Waals surface area contributed by atoms with Gasteiger partial charge in [-0.3, -0.25) is 4.79 Å². The second kappa shape index (κ2) is 10.5. The van der Waals surface area contributed by atoms with Gasteiger partial charge in [-0.2, -0.15) is 0 Å². The summed E-state index contributed by atoms with van der Waals surface area (Å²) in [5, 5.41) is 3.46. The summed E-state index contributed by atoms with van der Waals surface area (Å²) in [4.78, 5) is 20.1. The van der Waals surface area contributed by atoms with E-state index in [4.69, 9.17) is 10.5 Å². The zero-order chi connectivity index (χ0) is 21.5. The number of methoxy groups -OCH3 is 1. The van der Waals surface area contributed by atoms with Crippen molar-refractivity contribution in [1.82, 2.24) is 9.71 Å². The van der Waals surface area contributed by atoms with Crippen molar-refractivity contribution in [3.05, 3.63) is 52.4 Å². The van der Waals surface area contributed by atoms with Crippen LogP contribution in [0.3, 0.4) is 0 Å². The van der Waals surface area contributed by atoms with Crippen LogP contribution in [-0.4, -0.2) is 34.4 Å². The Hall–Kier alpha value is -2.49. The zero-order valence-corrected chi connectivity index (χ0v) is 18.1. The largest absolute Gasteiger partial charge is 0.383 e. The summed E-state index contributed by atoms with van der Waals surface area (Å²) in [6.45, 7) is 1.77. The van der Waals surface area contributed by atoms with Gasteiger partial charge in [0.15, 0.2) is 0 Å². The molecule has 9 heteroatoms. The molecule has 0 spiro atoms. The number of nitrogens with zero attached hydrogens (tertiary/aromatic N) is 1. The predicted molar refractivity (Wildman–Crippen MR) is 120 cm³/mol. The molecule has 0 aliphatic heterocycles. The first-order chi connectivity index (χ1) is 14.5. The van der Waals surface area contributed by atoms with Crippen molar-refractivity contribution in [1.29, 1.82) is 0 Å². The first-order valence-corrected chi connectivity index (χ1v) is 11.3. The minimum absolute atomic E-state index is 0.134. The quantitative estimate of drug-likeness (QED) is 0.291.